The first-order chi connectivity index (χ1) is 44.7. The number of aromatic hydroxyl groups is 1. The molecule has 7 rings (SSSR count). The molecule has 4 heterocycles. The summed E-state index contributed by atoms with van der Waals surface area (Å²) < 4.78 is 16.2. The van der Waals surface area contributed by atoms with E-state index in [0.717, 1.165) is 10.8 Å². The Labute approximate surface area is 547 Å². The number of amides is 8. The zero-order chi connectivity index (χ0) is 66.7. The number of carbonyl (C=O) groups excluding carboxylic acids is 11. The molecule has 3 aromatic rings. The third-order valence-electron chi connectivity index (χ3n) is 16.6. The average molecular weight is 1350 g/mol. The van der Waals surface area contributed by atoms with Crippen molar-refractivity contribution in [2.24, 2.45) is 5.73 Å². The molecule has 0 aromatic heterocycles. The fourth-order valence-corrected chi connectivity index (χ4v) is 13.4. The molecule has 3 aromatic carbocycles. The van der Waals surface area contributed by atoms with Crippen LogP contribution in [-0.2, 0) is 76.2 Å². The van der Waals surface area contributed by atoms with Crippen LogP contribution in [0.3, 0.4) is 0 Å². The zero-order valence-corrected chi connectivity index (χ0v) is 55.3. The first kappa shape index (κ1) is 72.3. The Morgan fingerprint density at radius 2 is 1.09 bits per heavy atom. The van der Waals surface area contributed by atoms with Crippen LogP contribution >= 0.6 is 0 Å². The summed E-state index contributed by atoms with van der Waals surface area (Å²) in [5.74, 6) is -6.02. The van der Waals surface area contributed by atoms with Gasteiger partial charge in [-0.15, -0.1) is 0 Å². The van der Waals surface area contributed by atoms with Crippen molar-refractivity contribution < 1.29 is 68.4 Å². The van der Waals surface area contributed by atoms with Gasteiger partial charge >= 0.3 is 187 Å². The van der Waals surface area contributed by atoms with Crippen molar-refractivity contribution >= 4 is 99.1 Å². The van der Waals surface area contributed by atoms with Crippen LogP contribution in [0.1, 0.15) is 88.2 Å². The third kappa shape index (κ3) is 25.3. The number of phenols is 1. The molecule has 0 aliphatic carbocycles. The average Bonchev–Trinajstić information content (AvgIpc) is 2.18. The fraction of sp³-hybridized carbons (Fsp3) is 0.556. The van der Waals surface area contributed by atoms with Gasteiger partial charge in [-0.3, -0.25) is 39.0 Å². The number of benzene rings is 3. The van der Waals surface area contributed by atoms with Gasteiger partial charge in [0.15, 0.2) is 0 Å². The van der Waals surface area contributed by atoms with Gasteiger partial charge in [0.1, 0.15) is 29.9 Å². The van der Waals surface area contributed by atoms with E-state index in [1.807, 2.05) is 62.1 Å². The second kappa shape index (κ2) is 37.5. The van der Waals surface area contributed by atoms with Crippen LogP contribution in [0, 0.1) is 5.41 Å². The number of carbonyl (C=O) groups is 11. The van der Waals surface area contributed by atoms with Gasteiger partial charge in [0.2, 0.25) is 41.4 Å². The monoisotopic (exact) mass is 1350 g/mol. The molecule has 4 fully saturated rings. The molecule has 0 saturated carbocycles. The number of amidine groups is 1. The number of phenolic OH excluding ortho intramolecular Hbond substituents is 1. The van der Waals surface area contributed by atoms with Crippen LogP contribution < -0.4 is 43.0 Å². The van der Waals surface area contributed by atoms with E-state index in [0.29, 0.717) is 115 Å². The van der Waals surface area contributed by atoms with E-state index < -0.39 is 95.5 Å². The number of nitrogens with one attached hydrogen (secondary N) is 8. The van der Waals surface area contributed by atoms with Crippen molar-refractivity contribution in [1.29, 1.82) is 5.41 Å². The molecule has 6 atom stereocenters. The van der Waals surface area contributed by atoms with E-state index in [9.17, 15) is 57.8 Å². The van der Waals surface area contributed by atoms with E-state index in [-0.39, 0.29) is 113 Å². The minimum absolute atomic E-state index is 0.0141. The van der Waals surface area contributed by atoms with E-state index in [1.54, 1.807) is 12.1 Å². The second-order valence-corrected chi connectivity index (χ2v) is 26.6. The Kier molecular flexibility index (Phi) is 29.1. The van der Waals surface area contributed by atoms with Crippen molar-refractivity contribution in [3.05, 3.63) is 77.9 Å². The van der Waals surface area contributed by atoms with Gasteiger partial charge in [-0.25, -0.2) is 0 Å². The Bertz CT molecular complexity index is 3070. The molecule has 4 saturated heterocycles. The van der Waals surface area contributed by atoms with Crippen LogP contribution in [-0.4, -0.2) is 254 Å². The van der Waals surface area contributed by atoms with Crippen LogP contribution in [0.4, 0.5) is 0 Å². The summed E-state index contributed by atoms with van der Waals surface area (Å²) in [6.07, 6.45) is 3.73. The topological polar surface area (TPSA) is 386 Å². The summed E-state index contributed by atoms with van der Waals surface area (Å²) in [7, 11) is 1.41. The summed E-state index contributed by atoms with van der Waals surface area (Å²) in [6, 6.07) is 14.5. The third-order valence-corrected chi connectivity index (χ3v) is 19.4. The Hall–Kier alpha value is -8.16. The van der Waals surface area contributed by atoms with Crippen LogP contribution in [0.2, 0.25) is 0 Å². The quantitative estimate of drug-likeness (QED) is 0.0201. The molecule has 504 valence electrons. The molecule has 8 amide bonds. The van der Waals surface area contributed by atoms with Crippen molar-refractivity contribution in [3.8, 4) is 5.75 Å². The van der Waals surface area contributed by atoms with Gasteiger partial charge < -0.3 is 47.6 Å². The van der Waals surface area contributed by atoms with Gasteiger partial charge in [0.25, 0.3) is 0 Å². The molecule has 93 heavy (non-hydrogen) atoms. The molecule has 2 unspecified atom stereocenters. The number of nitrogens with two attached hydrogens (primary N) is 1. The standard InChI is InChI=1S/C63H92N14O15.Ga/c1-73-51(14-10-26-67-54(80)17-6-8-24-66-53(79)16-7-9-25-68-56(82)39-74-27-29-75(40-57(83)84)31-33-77(42-59(87)88)34-32-76(30-28-74)41-58(85)86)62(91)71-48(13-4-5-15-52(64)65)61(90)72-49(37-44-18-21-45-11-2-3-12-46(45)35-44)60(89)69-38-55(81)70-50(63(73)92)36-43-19-22-47(78)23-20-43;/h2-3,11-12,18-23,35,48-51,78H,4-10,13-17,24-34,36-42H2,1H3,(H3,64,65)(H,66,79)(H,67,80)(H,68,82)(H,69,89)(H,70,81)(H,71,91)(H,72,90)(H,83,84)(H,85,86)(H,87,88);/q;+3/p-3/t48-,49-,50+,51+;/m0./s1. The number of likely N-dealkylation sites (N-methyl/N-ethyl adjacent to an activating group) is 1. The van der Waals surface area contributed by atoms with Crippen molar-refractivity contribution in [3.63, 3.8) is 0 Å². The maximum absolute atomic E-state index is 14.6. The molecule has 4 aliphatic heterocycles. The van der Waals surface area contributed by atoms with Crippen molar-refractivity contribution in [1.82, 2.24) is 61.7 Å². The predicted octanol–water partition coefficient (Wildman–Crippen LogP) is -1.43. The summed E-state index contributed by atoms with van der Waals surface area (Å²) in [4.78, 5) is 158. The maximum atomic E-state index is 14.6. The summed E-state index contributed by atoms with van der Waals surface area (Å²) in [6.45, 7) is 3.76. The number of unbranched alkanes of at least 4 members (excludes halogenated alkanes) is 3. The molecular weight excluding hydrogens is 1260 g/mol. The molecule has 4 aliphatic rings. The van der Waals surface area contributed by atoms with Gasteiger partial charge in [-0.05, 0) is 79.0 Å². The number of fused-ring (bicyclic) bond motifs is 8. The Morgan fingerprint density at radius 1 is 0.570 bits per heavy atom. The van der Waals surface area contributed by atoms with Gasteiger partial charge in [-0.2, -0.15) is 0 Å². The molecule has 30 heteroatoms. The first-order valence-corrected chi connectivity index (χ1v) is 35.0. The number of rotatable bonds is 25. The summed E-state index contributed by atoms with van der Waals surface area (Å²) >= 11 is -3.99. The summed E-state index contributed by atoms with van der Waals surface area (Å²) in [5.41, 5.74) is 6.92. The number of hydrogen-bond acceptors (Lipinski definition) is 20. The van der Waals surface area contributed by atoms with Crippen LogP contribution in [0.25, 0.3) is 10.8 Å². The normalized spacial score (nSPS) is 22.5. The zero-order valence-electron chi connectivity index (χ0n) is 52.9. The molecule has 29 nitrogen and oxygen atoms in total. The van der Waals surface area contributed by atoms with Gasteiger partial charge in [0.05, 0.1) is 12.4 Å². The fourth-order valence-electron chi connectivity index (χ4n) is 11.3. The minimum atomic E-state index is -3.99. The Morgan fingerprint density at radius 3 is 1.68 bits per heavy atom. The van der Waals surface area contributed by atoms with Crippen LogP contribution in [0.5, 0.6) is 5.75 Å². The molecule has 11 N–H and O–H groups in total. The second-order valence-electron chi connectivity index (χ2n) is 23.9. The number of hydrogen-bond donors (Lipinski definition) is 10. The molecular formula is C63H89GaN14O15. The molecule has 0 spiro atoms. The predicted molar refractivity (Wildman–Crippen MR) is 341 cm³/mol. The van der Waals surface area contributed by atoms with E-state index in [1.165, 1.54) is 24.1 Å². The van der Waals surface area contributed by atoms with Crippen molar-refractivity contribution in [2.45, 2.75) is 114 Å². The molecule has 4 bridgehead atoms. The molecule has 0 radical (unpaired) electrons. The Balaban J connectivity index is 0.868. The summed E-state index contributed by atoms with van der Waals surface area (Å²) in [5, 5.41) is 39.3. The van der Waals surface area contributed by atoms with Crippen LogP contribution in [0.15, 0.2) is 66.7 Å². The van der Waals surface area contributed by atoms with Gasteiger partial charge in [0, 0.05) is 52.2 Å². The SMILES string of the molecule is CN1C(=O)[C@@H](Cc2ccc(O)cc2)NC(=O)CNC(=O)[C@H](Cc2ccc3ccccc3c2)NC(=O)[C@H](CCCCC(=N)N)NC(=O)[C@H]1CCCNC(=O)CCCCNC(=O)CCCCNC(=O)CN1CCN2CCN3CCN(CC1)CC(=O)[O][Ga]([O]C(=O)C2)[O]C(=O)C3. The van der Waals surface area contributed by atoms with E-state index in [2.05, 4.69) is 37.2 Å². The van der Waals surface area contributed by atoms with E-state index >= 15 is 0 Å². The number of nitrogens with zero attached hydrogens (tertiary/aromatic N) is 5. The van der Waals surface area contributed by atoms with Gasteiger partial charge in [-0.1, -0.05) is 61.0 Å². The van der Waals surface area contributed by atoms with Crippen molar-refractivity contribution in [2.75, 3.05) is 112 Å². The van der Waals surface area contributed by atoms with E-state index in [4.69, 9.17) is 21.7 Å². The first-order valence-electron chi connectivity index (χ1n) is 32.0.